The van der Waals surface area contributed by atoms with E-state index in [2.05, 4.69) is 5.32 Å². The third-order valence-corrected chi connectivity index (χ3v) is 3.02. The van der Waals surface area contributed by atoms with Gasteiger partial charge in [0.2, 0.25) is 5.91 Å². The summed E-state index contributed by atoms with van der Waals surface area (Å²) in [5, 5.41) is 14.5. The van der Waals surface area contributed by atoms with Crippen LogP contribution in [0.3, 0.4) is 0 Å². The summed E-state index contributed by atoms with van der Waals surface area (Å²) >= 11 is 0. The molecule has 0 saturated heterocycles. The van der Waals surface area contributed by atoms with Gasteiger partial charge in [-0.2, -0.15) is 0 Å². The number of nitro groups is 1. The van der Waals surface area contributed by atoms with Crippen LogP contribution in [0, 0.1) is 10.1 Å². The number of carbonyl (C=O) groups excluding carboxylic acids is 1. The third kappa shape index (κ3) is 4.34. The summed E-state index contributed by atoms with van der Waals surface area (Å²) in [6.07, 6.45) is 0.858. The number of nitrogens with zero attached hydrogens (tertiary/aromatic N) is 2. The minimum Gasteiger partial charge on any atom is -0.379 e. The molecule has 0 atom stereocenters. The summed E-state index contributed by atoms with van der Waals surface area (Å²) in [7, 11) is 0. The Morgan fingerprint density at radius 3 is 2.62 bits per heavy atom. The number of rotatable bonds is 8. The van der Waals surface area contributed by atoms with Crippen molar-refractivity contribution < 1.29 is 9.72 Å². The van der Waals surface area contributed by atoms with Crippen molar-refractivity contribution in [2.75, 3.05) is 23.3 Å². The molecule has 7 heteroatoms. The molecule has 0 spiro atoms. The molecule has 0 aliphatic heterocycles. The highest BCUT2D eigenvalue weighted by molar-refractivity contribution is 5.84. The Kier molecular flexibility index (Phi) is 5.95. The Hall–Kier alpha value is -2.31. The van der Waals surface area contributed by atoms with E-state index < -0.39 is 10.8 Å². The number of nitro benzene ring substituents is 1. The number of hydrogen-bond donors (Lipinski definition) is 2. The number of nitrogens with two attached hydrogens (primary N) is 1. The van der Waals surface area contributed by atoms with Gasteiger partial charge in [-0.1, -0.05) is 13.0 Å². The number of benzene rings is 1. The predicted octanol–water partition coefficient (Wildman–Crippen LogP) is 2.12. The Bertz CT molecular complexity index is 517. The van der Waals surface area contributed by atoms with Crippen molar-refractivity contribution in [3.05, 3.63) is 28.3 Å². The van der Waals surface area contributed by atoms with Crippen molar-refractivity contribution >= 4 is 23.0 Å². The molecule has 0 fully saturated rings. The molecule has 1 aromatic carbocycles. The average Bonchev–Trinajstić information content (AvgIpc) is 2.41. The second-order valence-corrected chi connectivity index (χ2v) is 5.05. The highest BCUT2D eigenvalue weighted by Gasteiger charge is 2.26. The number of amides is 1. The number of primary amides is 1. The van der Waals surface area contributed by atoms with Crippen molar-refractivity contribution in [3.63, 3.8) is 0 Å². The molecule has 1 aromatic rings. The van der Waals surface area contributed by atoms with E-state index >= 15 is 0 Å². The summed E-state index contributed by atoms with van der Waals surface area (Å²) in [5.41, 5.74) is 6.07. The first-order valence-corrected chi connectivity index (χ1v) is 6.94. The van der Waals surface area contributed by atoms with Crippen LogP contribution >= 0.6 is 0 Å². The quantitative estimate of drug-likeness (QED) is 0.565. The monoisotopic (exact) mass is 294 g/mol. The van der Waals surface area contributed by atoms with E-state index in [9.17, 15) is 14.9 Å². The fourth-order valence-electron chi connectivity index (χ4n) is 2.07. The average molecular weight is 294 g/mol. The summed E-state index contributed by atoms with van der Waals surface area (Å²) in [4.78, 5) is 23.9. The molecule has 0 aliphatic rings. The fourth-order valence-corrected chi connectivity index (χ4v) is 2.07. The Morgan fingerprint density at radius 1 is 1.48 bits per heavy atom. The topological polar surface area (TPSA) is 102 Å². The van der Waals surface area contributed by atoms with Crippen LogP contribution in [-0.2, 0) is 4.79 Å². The maximum absolute atomic E-state index is 11.4. The van der Waals surface area contributed by atoms with Crippen LogP contribution in [0.4, 0.5) is 17.1 Å². The van der Waals surface area contributed by atoms with Crippen LogP contribution in [0.1, 0.15) is 27.2 Å². The van der Waals surface area contributed by atoms with Gasteiger partial charge in [0.15, 0.2) is 0 Å². The van der Waals surface area contributed by atoms with Gasteiger partial charge in [-0.15, -0.1) is 0 Å². The van der Waals surface area contributed by atoms with Crippen LogP contribution < -0.4 is 16.0 Å². The molecular weight excluding hydrogens is 272 g/mol. The molecule has 1 amide bonds. The Morgan fingerprint density at radius 2 is 2.14 bits per heavy atom. The molecule has 7 nitrogen and oxygen atoms in total. The maximum Gasteiger partial charge on any atom is 0.315 e. The van der Waals surface area contributed by atoms with Gasteiger partial charge in [-0.05, 0) is 32.4 Å². The highest BCUT2D eigenvalue weighted by Crippen LogP contribution is 2.36. The predicted molar refractivity (Wildman–Crippen MR) is 83.6 cm³/mol. The number of hydrogen-bond acceptors (Lipinski definition) is 5. The van der Waals surface area contributed by atoms with E-state index in [-0.39, 0.29) is 18.3 Å². The van der Waals surface area contributed by atoms with Crippen LogP contribution in [-0.4, -0.2) is 30.0 Å². The van der Waals surface area contributed by atoms with Crippen molar-refractivity contribution in [3.8, 4) is 0 Å². The lowest BCUT2D eigenvalue weighted by Gasteiger charge is -2.27. The molecule has 0 radical (unpaired) electrons. The lowest BCUT2D eigenvalue weighted by molar-refractivity contribution is -0.383. The Labute approximate surface area is 124 Å². The van der Waals surface area contributed by atoms with Crippen molar-refractivity contribution in [1.29, 1.82) is 0 Å². The minimum atomic E-state index is -0.523. The molecule has 0 aromatic heterocycles. The summed E-state index contributed by atoms with van der Waals surface area (Å²) in [6, 6.07) is 4.95. The molecule has 116 valence electrons. The highest BCUT2D eigenvalue weighted by atomic mass is 16.6. The molecule has 0 unspecified atom stereocenters. The number of para-hydroxylation sites is 1. The van der Waals surface area contributed by atoms with Gasteiger partial charge < -0.3 is 16.0 Å². The molecule has 21 heavy (non-hydrogen) atoms. The largest absolute Gasteiger partial charge is 0.379 e. The molecule has 0 aliphatic carbocycles. The second-order valence-electron chi connectivity index (χ2n) is 5.05. The second kappa shape index (κ2) is 7.47. The lowest BCUT2D eigenvalue weighted by atomic mass is 10.1. The van der Waals surface area contributed by atoms with E-state index in [4.69, 9.17) is 5.73 Å². The van der Waals surface area contributed by atoms with Gasteiger partial charge in [-0.25, -0.2) is 0 Å². The normalized spacial score (nSPS) is 10.5. The van der Waals surface area contributed by atoms with E-state index in [1.165, 1.54) is 0 Å². The molecule has 0 heterocycles. The zero-order chi connectivity index (χ0) is 16.0. The SMILES string of the molecule is CCCNc1cccc(N(CC(N)=O)C(C)C)c1[N+](=O)[O-]. The number of anilines is 2. The summed E-state index contributed by atoms with van der Waals surface area (Å²) in [5.74, 6) is -0.523. The molecule has 0 saturated carbocycles. The fraction of sp³-hybridized carbons (Fsp3) is 0.500. The Balaban J connectivity index is 3.31. The van der Waals surface area contributed by atoms with E-state index in [0.29, 0.717) is 17.9 Å². The van der Waals surface area contributed by atoms with Gasteiger partial charge >= 0.3 is 5.69 Å². The van der Waals surface area contributed by atoms with Gasteiger partial charge in [-0.3, -0.25) is 14.9 Å². The van der Waals surface area contributed by atoms with E-state index in [1.807, 2.05) is 20.8 Å². The third-order valence-electron chi connectivity index (χ3n) is 3.02. The standard InChI is InChI=1S/C14H22N4O3/c1-4-8-16-11-6-5-7-12(14(11)18(20)21)17(10(2)3)9-13(15)19/h5-7,10,16H,4,8-9H2,1-3H3,(H2,15,19). The first-order valence-electron chi connectivity index (χ1n) is 6.94. The molecule has 1 rings (SSSR count). The van der Waals surface area contributed by atoms with Crippen LogP contribution in [0.5, 0.6) is 0 Å². The molecule has 3 N–H and O–H groups in total. The zero-order valence-electron chi connectivity index (χ0n) is 12.6. The van der Waals surface area contributed by atoms with Gasteiger partial charge in [0, 0.05) is 12.6 Å². The summed E-state index contributed by atoms with van der Waals surface area (Å²) < 4.78 is 0. The zero-order valence-corrected chi connectivity index (χ0v) is 12.6. The van der Waals surface area contributed by atoms with Gasteiger partial charge in [0.1, 0.15) is 11.4 Å². The van der Waals surface area contributed by atoms with Gasteiger partial charge in [0.05, 0.1) is 11.5 Å². The maximum atomic E-state index is 11.4. The lowest BCUT2D eigenvalue weighted by Crippen LogP contribution is -2.39. The van der Waals surface area contributed by atoms with E-state index in [0.717, 1.165) is 6.42 Å². The molecular formula is C14H22N4O3. The van der Waals surface area contributed by atoms with Crippen molar-refractivity contribution in [2.45, 2.75) is 33.2 Å². The van der Waals surface area contributed by atoms with Gasteiger partial charge in [0.25, 0.3) is 0 Å². The van der Waals surface area contributed by atoms with Crippen LogP contribution in [0.15, 0.2) is 18.2 Å². The number of carbonyl (C=O) groups is 1. The molecule has 0 bridgehead atoms. The summed E-state index contributed by atoms with van der Waals surface area (Å²) in [6.45, 7) is 6.28. The minimum absolute atomic E-state index is 0.0269. The van der Waals surface area contributed by atoms with Crippen LogP contribution in [0.25, 0.3) is 0 Å². The number of nitrogens with one attached hydrogen (secondary N) is 1. The van der Waals surface area contributed by atoms with Crippen molar-refractivity contribution in [1.82, 2.24) is 0 Å². The van der Waals surface area contributed by atoms with Crippen LogP contribution in [0.2, 0.25) is 0 Å². The first-order chi connectivity index (χ1) is 9.88. The van der Waals surface area contributed by atoms with E-state index in [1.54, 1.807) is 23.1 Å². The smallest absolute Gasteiger partial charge is 0.315 e. The first kappa shape index (κ1) is 16.7. The van der Waals surface area contributed by atoms with Crippen molar-refractivity contribution in [2.24, 2.45) is 5.73 Å².